The zero-order valence-corrected chi connectivity index (χ0v) is 13.1. The first-order chi connectivity index (χ1) is 10.2. The summed E-state index contributed by atoms with van der Waals surface area (Å²) in [6.45, 7) is 5.11. The van der Waals surface area contributed by atoms with Gasteiger partial charge in [-0.3, -0.25) is 0 Å². The molecule has 3 heterocycles. The van der Waals surface area contributed by atoms with E-state index in [1.807, 2.05) is 30.3 Å². The van der Waals surface area contributed by atoms with Crippen molar-refractivity contribution < 1.29 is 4.42 Å². The van der Waals surface area contributed by atoms with E-state index in [9.17, 15) is 0 Å². The SMILES string of the molecule is CC(C)NCc1c(SCc2ccco2)nc2ccccn12. The summed E-state index contributed by atoms with van der Waals surface area (Å²) in [7, 11) is 0. The Morgan fingerprint density at radius 1 is 1.29 bits per heavy atom. The van der Waals surface area contributed by atoms with Gasteiger partial charge in [0.1, 0.15) is 16.4 Å². The van der Waals surface area contributed by atoms with Gasteiger partial charge in [-0.1, -0.05) is 31.7 Å². The van der Waals surface area contributed by atoms with Gasteiger partial charge in [-0.05, 0) is 24.3 Å². The van der Waals surface area contributed by atoms with Gasteiger partial charge in [0.25, 0.3) is 0 Å². The second-order valence-electron chi connectivity index (χ2n) is 5.20. The summed E-state index contributed by atoms with van der Waals surface area (Å²) in [5.74, 6) is 1.77. The molecule has 0 saturated heterocycles. The second-order valence-corrected chi connectivity index (χ2v) is 6.16. The topological polar surface area (TPSA) is 42.5 Å². The number of nitrogens with zero attached hydrogens (tertiary/aromatic N) is 2. The van der Waals surface area contributed by atoms with Crippen LogP contribution in [0.1, 0.15) is 25.3 Å². The highest BCUT2D eigenvalue weighted by molar-refractivity contribution is 7.98. The summed E-state index contributed by atoms with van der Waals surface area (Å²) in [4.78, 5) is 4.73. The van der Waals surface area contributed by atoms with Crippen molar-refractivity contribution in [3.05, 3.63) is 54.2 Å². The molecule has 1 N–H and O–H groups in total. The zero-order valence-electron chi connectivity index (χ0n) is 12.2. The highest BCUT2D eigenvalue weighted by Gasteiger charge is 2.13. The van der Waals surface area contributed by atoms with E-state index in [2.05, 4.69) is 29.8 Å². The molecule has 3 aromatic rings. The van der Waals surface area contributed by atoms with Gasteiger partial charge in [-0.15, -0.1) is 0 Å². The largest absolute Gasteiger partial charge is 0.468 e. The molecule has 0 aliphatic rings. The van der Waals surface area contributed by atoms with Crippen molar-refractivity contribution in [2.24, 2.45) is 0 Å². The van der Waals surface area contributed by atoms with Gasteiger partial charge in [-0.25, -0.2) is 4.98 Å². The van der Waals surface area contributed by atoms with Gasteiger partial charge in [0.15, 0.2) is 0 Å². The minimum atomic E-state index is 0.446. The smallest absolute Gasteiger partial charge is 0.138 e. The molecule has 0 aliphatic heterocycles. The van der Waals surface area contributed by atoms with E-state index in [1.54, 1.807) is 18.0 Å². The Morgan fingerprint density at radius 2 is 2.19 bits per heavy atom. The standard InChI is InChI=1S/C16H19N3OS/c1-12(2)17-10-14-16(21-11-13-6-5-9-20-13)18-15-7-3-4-8-19(14)15/h3-9,12,17H,10-11H2,1-2H3. The molecule has 5 heteroatoms. The van der Waals surface area contributed by atoms with Gasteiger partial charge >= 0.3 is 0 Å². The average molecular weight is 301 g/mol. The lowest BCUT2D eigenvalue weighted by Gasteiger charge is -2.09. The summed E-state index contributed by atoms with van der Waals surface area (Å²) in [5.41, 5.74) is 2.19. The highest BCUT2D eigenvalue weighted by Crippen LogP contribution is 2.27. The summed E-state index contributed by atoms with van der Waals surface area (Å²) >= 11 is 1.72. The van der Waals surface area contributed by atoms with Gasteiger partial charge in [0.2, 0.25) is 0 Å². The van der Waals surface area contributed by atoms with E-state index >= 15 is 0 Å². The number of hydrogen-bond donors (Lipinski definition) is 1. The Labute approximate surface area is 128 Å². The number of rotatable bonds is 6. The summed E-state index contributed by atoms with van der Waals surface area (Å²) in [5, 5.41) is 4.54. The van der Waals surface area contributed by atoms with E-state index in [-0.39, 0.29) is 0 Å². The van der Waals surface area contributed by atoms with Crippen LogP contribution in [0.5, 0.6) is 0 Å². The molecule has 110 valence electrons. The molecule has 0 fully saturated rings. The molecule has 0 spiro atoms. The van der Waals surface area contributed by atoms with Crippen LogP contribution in [0.25, 0.3) is 5.65 Å². The van der Waals surface area contributed by atoms with E-state index in [4.69, 9.17) is 9.40 Å². The van der Waals surface area contributed by atoms with Crippen LogP contribution in [0.15, 0.2) is 52.2 Å². The van der Waals surface area contributed by atoms with Crippen molar-refractivity contribution in [2.75, 3.05) is 0 Å². The molecule has 3 aromatic heterocycles. The maximum atomic E-state index is 5.40. The number of furan rings is 1. The lowest BCUT2D eigenvalue weighted by atomic mass is 10.3. The maximum absolute atomic E-state index is 5.40. The number of thioether (sulfide) groups is 1. The number of imidazole rings is 1. The number of pyridine rings is 1. The first-order valence-electron chi connectivity index (χ1n) is 7.08. The van der Waals surface area contributed by atoms with Gasteiger partial charge in [0, 0.05) is 18.8 Å². The molecule has 3 rings (SSSR count). The Kier molecular flexibility index (Phi) is 4.31. The van der Waals surface area contributed by atoms with Crippen molar-refractivity contribution in [3.63, 3.8) is 0 Å². The number of hydrogen-bond acceptors (Lipinski definition) is 4. The summed E-state index contributed by atoms with van der Waals surface area (Å²) in [6, 6.07) is 10.4. The summed E-state index contributed by atoms with van der Waals surface area (Å²) in [6.07, 6.45) is 3.78. The van der Waals surface area contributed by atoms with Crippen molar-refractivity contribution in [1.29, 1.82) is 0 Å². The predicted molar refractivity (Wildman–Crippen MR) is 85.4 cm³/mol. The van der Waals surface area contributed by atoms with Gasteiger partial charge in [-0.2, -0.15) is 0 Å². The molecule has 4 nitrogen and oxygen atoms in total. The molecule has 0 aliphatic carbocycles. The van der Waals surface area contributed by atoms with E-state index in [0.29, 0.717) is 6.04 Å². The average Bonchev–Trinajstić information content (AvgIpc) is 3.10. The molecule has 0 unspecified atom stereocenters. The fourth-order valence-corrected chi connectivity index (χ4v) is 3.07. The normalized spacial score (nSPS) is 11.6. The Morgan fingerprint density at radius 3 is 2.95 bits per heavy atom. The van der Waals surface area contributed by atoms with Crippen LogP contribution in [0.3, 0.4) is 0 Å². The minimum Gasteiger partial charge on any atom is -0.468 e. The molecule has 0 amide bonds. The lowest BCUT2D eigenvalue weighted by Crippen LogP contribution is -2.23. The molecule has 0 radical (unpaired) electrons. The van der Waals surface area contributed by atoms with E-state index in [0.717, 1.165) is 28.7 Å². The first kappa shape index (κ1) is 14.2. The Balaban J connectivity index is 1.86. The third-order valence-corrected chi connectivity index (χ3v) is 4.23. The molecule has 0 atom stereocenters. The number of nitrogens with one attached hydrogen (secondary N) is 1. The van der Waals surface area contributed by atoms with E-state index < -0.39 is 0 Å². The van der Waals surface area contributed by atoms with Crippen LogP contribution in [0.2, 0.25) is 0 Å². The van der Waals surface area contributed by atoms with E-state index in [1.165, 1.54) is 5.69 Å². The van der Waals surface area contributed by atoms with Crippen molar-refractivity contribution >= 4 is 17.4 Å². The zero-order chi connectivity index (χ0) is 14.7. The third-order valence-electron chi connectivity index (χ3n) is 3.20. The second kappa shape index (κ2) is 6.37. The van der Waals surface area contributed by atoms with Crippen LogP contribution in [0, 0.1) is 0 Å². The number of fused-ring (bicyclic) bond motifs is 1. The lowest BCUT2D eigenvalue weighted by molar-refractivity contribution is 0.530. The molecule has 0 saturated carbocycles. The fourth-order valence-electron chi connectivity index (χ4n) is 2.14. The third kappa shape index (κ3) is 3.31. The molecule has 21 heavy (non-hydrogen) atoms. The van der Waals surface area contributed by atoms with Crippen LogP contribution >= 0.6 is 11.8 Å². The van der Waals surface area contributed by atoms with Gasteiger partial charge in [0.05, 0.1) is 17.7 Å². The van der Waals surface area contributed by atoms with Crippen LogP contribution in [0.4, 0.5) is 0 Å². The minimum absolute atomic E-state index is 0.446. The first-order valence-corrected chi connectivity index (χ1v) is 8.07. The quantitative estimate of drug-likeness (QED) is 0.705. The maximum Gasteiger partial charge on any atom is 0.138 e. The van der Waals surface area contributed by atoms with Crippen molar-refractivity contribution in [2.45, 2.75) is 37.2 Å². The Bertz CT molecular complexity index is 703. The summed E-state index contributed by atoms with van der Waals surface area (Å²) < 4.78 is 7.55. The fraction of sp³-hybridized carbons (Fsp3) is 0.312. The van der Waals surface area contributed by atoms with Crippen LogP contribution in [-0.2, 0) is 12.3 Å². The van der Waals surface area contributed by atoms with Crippen molar-refractivity contribution in [3.8, 4) is 0 Å². The molecular weight excluding hydrogens is 282 g/mol. The van der Waals surface area contributed by atoms with Crippen molar-refractivity contribution in [1.82, 2.24) is 14.7 Å². The number of aromatic nitrogens is 2. The monoisotopic (exact) mass is 301 g/mol. The van der Waals surface area contributed by atoms with Gasteiger partial charge < -0.3 is 14.1 Å². The Hall–Kier alpha value is -1.72. The van der Waals surface area contributed by atoms with Crippen LogP contribution in [-0.4, -0.2) is 15.4 Å². The molecule has 0 aromatic carbocycles. The van der Waals surface area contributed by atoms with Crippen LogP contribution < -0.4 is 5.32 Å². The highest BCUT2D eigenvalue weighted by atomic mass is 32.2. The molecular formula is C16H19N3OS. The molecule has 0 bridgehead atoms. The predicted octanol–water partition coefficient (Wildman–Crippen LogP) is 3.72.